The number of pyridine rings is 2. The summed E-state index contributed by atoms with van der Waals surface area (Å²) in [4.78, 5) is 31.1. The molecule has 2 aromatic rings. The molecule has 154 valence electrons. The largest absolute Gasteiger partial charge is 0.352 e. The minimum Gasteiger partial charge on any atom is -0.352 e. The number of hydrogen-bond donors (Lipinski definition) is 1. The van der Waals surface area contributed by atoms with Gasteiger partial charge in [-0.25, -0.2) is 0 Å². The van der Waals surface area contributed by atoms with Crippen LogP contribution in [0.3, 0.4) is 0 Å². The number of likely N-dealkylation sites (tertiary alicyclic amines) is 1. The van der Waals surface area contributed by atoms with Crippen LogP contribution in [0, 0.1) is 11.8 Å². The van der Waals surface area contributed by atoms with Gasteiger partial charge in [0.15, 0.2) is 0 Å². The number of carbonyl (C=O) groups is 1. The summed E-state index contributed by atoms with van der Waals surface area (Å²) in [5.41, 5.74) is 3.86. The molecule has 0 aliphatic carbocycles. The van der Waals surface area contributed by atoms with Crippen molar-refractivity contribution < 1.29 is 4.79 Å². The van der Waals surface area contributed by atoms with Crippen LogP contribution in [0.1, 0.15) is 44.4 Å². The lowest BCUT2D eigenvalue weighted by Gasteiger charge is -2.43. The fourth-order valence-electron chi connectivity index (χ4n) is 4.80. The molecule has 2 bridgehead atoms. The summed E-state index contributed by atoms with van der Waals surface area (Å²) in [5.74, 6) is 1.57. The van der Waals surface area contributed by atoms with Crippen molar-refractivity contribution in [2.45, 2.75) is 46.2 Å². The molecule has 29 heavy (non-hydrogen) atoms. The molecule has 0 saturated carbocycles. The van der Waals surface area contributed by atoms with Crippen molar-refractivity contribution in [2.75, 3.05) is 19.6 Å². The van der Waals surface area contributed by atoms with Crippen molar-refractivity contribution in [1.82, 2.24) is 19.8 Å². The molecule has 0 aromatic carbocycles. The van der Waals surface area contributed by atoms with Crippen LogP contribution in [0.5, 0.6) is 0 Å². The van der Waals surface area contributed by atoms with Crippen LogP contribution in [0.2, 0.25) is 0 Å². The van der Waals surface area contributed by atoms with Gasteiger partial charge in [0.25, 0.3) is 5.56 Å². The first-order chi connectivity index (χ1) is 13.9. The Balaban J connectivity index is 1.59. The Morgan fingerprint density at radius 3 is 2.76 bits per heavy atom. The van der Waals surface area contributed by atoms with Crippen LogP contribution in [-0.4, -0.2) is 40.0 Å². The van der Waals surface area contributed by atoms with Gasteiger partial charge < -0.3 is 14.8 Å². The molecule has 4 rings (SSSR count). The maximum absolute atomic E-state index is 12.9. The highest BCUT2D eigenvalue weighted by Gasteiger charge is 2.35. The minimum absolute atomic E-state index is 0.0610. The molecule has 1 fully saturated rings. The molecule has 2 aliphatic rings. The number of nitrogens with zero attached hydrogens (tertiary/aromatic N) is 3. The third-order valence-electron chi connectivity index (χ3n) is 5.92. The standard InChI is InChI=1S/C23H30N4O2/c1-15(2)11-26-12-18-6-20(14-26)22-7-19(8-23(29)27(22)13-18)21-5-4-17(10-25-21)9-24-16(3)28/h4-5,7-8,10,15,18,20H,6,9,11-14H2,1-3H3,(H,24,28)/t18-,20+/m0/s1. The molecule has 0 spiro atoms. The normalized spacial score (nSPS) is 21.1. The predicted octanol–water partition coefficient (Wildman–Crippen LogP) is 2.62. The topological polar surface area (TPSA) is 67.2 Å². The number of nitrogens with one attached hydrogen (secondary N) is 1. The lowest BCUT2D eigenvalue weighted by Crippen LogP contribution is -2.48. The van der Waals surface area contributed by atoms with Gasteiger partial charge in [-0.1, -0.05) is 19.9 Å². The molecule has 1 amide bonds. The maximum atomic E-state index is 12.9. The van der Waals surface area contributed by atoms with Gasteiger partial charge in [-0.2, -0.15) is 0 Å². The van der Waals surface area contributed by atoms with Crippen LogP contribution in [0.4, 0.5) is 0 Å². The Hall–Kier alpha value is -2.47. The number of hydrogen-bond acceptors (Lipinski definition) is 4. The van der Waals surface area contributed by atoms with Crippen LogP contribution in [0.15, 0.2) is 35.3 Å². The van der Waals surface area contributed by atoms with E-state index in [1.807, 2.05) is 16.7 Å². The summed E-state index contributed by atoms with van der Waals surface area (Å²) < 4.78 is 1.99. The van der Waals surface area contributed by atoms with E-state index in [0.717, 1.165) is 48.7 Å². The lowest BCUT2D eigenvalue weighted by atomic mass is 9.82. The van der Waals surface area contributed by atoms with Crippen molar-refractivity contribution in [3.63, 3.8) is 0 Å². The predicted molar refractivity (Wildman–Crippen MR) is 114 cm³/mol. The second-order valence-corrected chi connectivity index (χ2v) is 8.99. The minimum atomic E-state index is -0.0610. The van der Waals surface area contributed by atoms with E-state index in [9.17, 15) is 9.59 Å². The smallest absolute Gasteiger partial charge is 0.251 e. The van der Waals surface area contributed by atoms with Crippen LogP contribution >= 0.6 is 0 Å². The summed E-state index contributed by atoms with van der Waals surface area (Å²) in [6, 6.07) is 7.76. The summed E-state index contributed by atoms with van der Waals surface area (Å²) >= 11 is 0. The number of rotatable bonds is 5. The van der Waals surface area contributed by atoms with E-state index in [0.29, 0.717) is 24.3 Å². The lowest BCUT2D eigenvalue weighted by molar-refractivity contribution is -0.119. The number of fused-ring (bicyclic) bond motifs is 4. The Morgan fingerprint density at radius 1 is 1.24 bits per heavy atom. The second kappa shape index (κ2) is 8.11. The number of aromatic nitrogens is 2. The van der Waals surface area contributed by atoms with Gasteiger partial charge in [0.1, 0.15) is 0 Å². The molecule has 2 aromatic heterocycles. The zero-order chi connectivity index (χ0) is 20.5. The van der Waals surface area contributed by atoms with Gasteiger partial charge in [-0.05, 0) is 36.0 Å². The zero-order valence-corrected chi connectivity index (χ0v) is 17.5. The Kier molecular flexibility index (Phi) is 5.54. The highest BCUT2D eigenvalue weighted by molar-refractivity contribution is 5.72. The maximum Gasteiger partial charge on any atom is 0.251 e. The Labute approximate surface area is 172 Å². The van der Waals surface area contributed by atoms with E-state index >= 15 is 0 Å². The van der Waals surface area contributed by atoms with E-state index in [-0.39, 0.29) is 11.5 Å². The van der Waals surface area contributed by atoms with Crippen molar-refractivity contribution in [1.29, 1.82) is 0 Å². The third kappa shape index (κ3) is 4.42. The molecule has 0 radical (unpaired) electrons. The van der Waals surface area contributed by atoms with E-state index < -0.39 is 0 Å². The average Bonchev–Trinajstić information content (AvgIpc) is 2.67. The molecule has 0 unspecified atom stereocenters. The fourth-order valence-corrected chi connectivity index (χ4v) is 4.80. The first-order valence-electron chi connectivity index (χ1n) is 10.6. The van der Waals surface area contributed by atoms with Gasteiger partial charge in [-0.3, -0.25) is 14.6 Å². The summed E-state index contributed by atoms with van der Waals surface area (Å²) in [6.07, 6.45) is 2.93. The molecule has 1 saturated heterocycles. The van der Waals surface area contributed by atoms with Crippen LogP contribution in [0.25, 0.3) is 11.3 Å². The number of amides is 1. The molecule has 2 aliphatic heterocycles. The monoisotopic (exact) mass is 394 g/mol. The molecular weight excluding hydrogens is 364 g/mol. The SMILES string of the molecule is CC(=O)NCc1ccc(-c2cc3n(c(=O)c2)C[C@H]2C[C@@H]3CN(CC(C)C)C2)nc1. The quantitative estimate of drug-likeness (QED) is 0.847. The number of piperidine rings is 1. The highest BCUT2D eigenvalue weighted by Crippen LogP contribution is 2.36. The average molecular weight is 395 g/mol. The van der Waals surface area contributed by atoms with Crippen molar-refractivity contribution in [3.8, 4) is 11.3 Å². The van der Waals surface area contributed by atoms with E-state index in [1.165, 1.54) is 13.3 Å². The molecule has 6 nitrogen and oxygen atoms in total. The summed E-state index contributed by atoms with van der Waals surface area (Å²) in [7, 11) is 0. The van der Waals surface area contributed by atoms with Crippen LogP contribution in [-0.2, 0) is 17.9 Å². The molecule has 4 heterocycles. The van der Waals surface area contributed by atoms with Gasteiger partial charge in [-0.15, -0.1) is 0 Å². The van der Waals surface area contributed by atoms with E-state index in [2.05, 4.69) is 35.1 Å². The third-order valence-corrected chi connectivity index (χ3v) is 5.92. The van der Waals surface area contributed by atoms with Gasteiger partial charge in [0.2, 0.25) is 5.91 Å². The highest BCUT2D eigenvalue weighted by atomic mass is 16.1. The molecule has 6 heteroatoms. The zero-order valence-electron chi connectivity index (χ0n) is 17.5. The van der Waals surface area contributed by atoms with Gasteiger partial charge in [0, 0.05) is 69.1 Å². The van der Waals surface area contributed by atoms with Crippen molar-refractivity contribution >= 4 is 5.91 Å². The fraction of sp³-hybridized carbons (Fsp3) is 0.522. The number of carbonyl (C=O) groups excluding carboxylic acids is 1. The first-order valence-corrected chi connectivity index (χ1v) is 10.6. The first kappa shape index (κ1) is 19.8. The molecular formula is C23H30N4O2. The molecule has 1 N–H and O–H groups in total. The van der Waals surface area contributed by atoms with Gasteiger partial charge in [0.05, 0.1) is 5.69 Å². The van der Waals surface area contributed by atoms with Crippen molar-refractivity contribution in [2.24, 2.45) is 11.8 Å². The second-order valence-electron chi connectivity index (χ2n) is 8.99. The molecule has 2 atom stereocenters. The van der Waals surface area contributed by atoms with E-state index in [4.69, 9.17) is 0 Å². The van der Waals surface area contributed by atoms with Crippen LogP contribution < -0.4 is 10.9 Å². The summed E-state index contributed by atoms with van der Waals surface area (Å²) in [5, 5.41) is 2.78. The Bertz CT molecular complexity index is 948. The summed E-state index contributed by atoms with van der Waals surface area (Å²) in [6.45, 7) is 10.6. The Morgan fingerprint density at radius 2 is 2.07 bits per heavy atom. The van der Waals surface area contributed by atoms with Gasteiger partial charge >= 0.3 is 0 Å². The van der Waals surface area contributed by atoms with E-state index in [1.54, 1.807) is 12.3 Å². The van der Waals surface area contributed by atoms with Crippen molar-refractivity contribution in [3.05, 3.63) is 52.1 Å².